The van der Waals surface area contributed by atoms with E-state index in [0.717, 1.165) is 12.0 Å². The number of Topliss-reactive ketones (excluding diaryl/α,β-unsaturated/α-hetero) is 1. The Hall–Kier alpha value is -1.96. The number of benzene rings is 2. The zero-order valence-electron chi connectivity index (χ0n) is 10.8. The summed E-state index contributed by atoms with van der Waals surface area (Å²) in [6.07, 6.45) is 0.830. The van der Waals surface area contributed by atoms with E-state index < -0.39 is 5.82 Å². The second-order valence-corrected chi connectivity index (χ2v) is 5.21. The predicted molar refractivity (Wildman–Crippen MR) is 72.8 cm³/mol. The second-order valence-electron chi connectivity index (χ2n) is 5.21. The number of hydrogen-bond acceptors (Lipinski definition) is 1. The number of ketones is 1. The van der Waals surface area contributed by atoms with Gasteiger partial charge in [0.2, 0.25) is 0 Å². The first kappa shape index (κ1) is 12.1. The zero-order valence-corrected chi connectivity index (χ0v) is 10.8. The van der Waals surface area contributed by atoms with Crippen LogP contribution >= 0.6 is 0 Å². The molecule has 96 valence electrons. The van der Waals surface area contributed by atoms with E-state index in [-0.39, 0.29) is 23.2 Å². The van der Waals surface area contributed by atoms with Gasteiger partial charge in [0.15, 0.2) is 5.78 Å². The van der Waals surface area contributed by atoms with E-state index in [9.17, 15) is 9.18 Å². The summed E-state index contributed by atoms with van der Waals surface area (Å²) in [5.41, 5.74) is 2.24. The molecule has 1 nitrogen and oxygen atoms in total. The molecule has 0 amide bonds. The standard InChI is InChI=1S/C17H15FO/c1-11-7-8-13(16(18)9-11)17(19)15-10-14(15)12-5-3-2-4-6-12/h2-9,14-15H,10H2,1H3. The van der Waals surface area contributed by atoms with Gasteiger partial charge in [-0.05, 0) is 42.5 Å². The monoisotopic (exact) mass is 254 g/mol. The lowest BCUT2D eigenvalue weighted by atomic mass is 10.0. The predicted octanol–water partition coefficient (Wildman–Crippen LogP) is 4.12. The largest absolute Gasteiger partial charge is 0.294 e. The van der Waals surface area contributed by atoms with E-state index in [2.05, 4.69) is 0 Å². The van der Waals surface area contributed by atoms with Gasteiger partial charge in [0.1, 0.15) is 5.82 Å². The van der Waals surface area contributed by atoms with Crippen LogP contribution in [0, 0.1) is 18.7 Å². The molecule has 0 N–H and O–H groups in total. The Bertz CT molecular complexity index is 618. The van der Waals surface area contributed by atoms with Crippen molar-refractivity contribution in [3.63, 3.8) is 0 Å². The van der Waals surface area contributed by atoms with E-state index >= 15 is 0 Å². The van der Waals surface area contributed by atoms with Crippen molar-refractivity contribution in [1.29, 1.82) is 0 Å². The van der Waals surface area contributed by atoms with Crippen LogP contribution in [0.4, 0.5) is 4.39 Å². The molecule has 3 rings (SSSR count). The van der Waals surface area contributed by atoms with Crippen molar-refractivity contribution in [2.75, 3.05) is 0 Å². The van der Waals surface area contributed by atoms with Gasteiger partial charge in [-0.3, -0.25) is 4.79 Å². The SMILES string of the molecule is Cc1ccc(C(=O)C2CC2c2ccccc2)c(F)c1. The first-order valence-electron chi connectivity index (χ1n) is 6.52. The third-order valence-corrected chi connectivity index (χ3v) is 3.74. The normalized spacial score (nSPS) is 21.2. The lowest BCUT2D eigenvalue weighted by Crippen LogP contribution is -2.06. The van der Waals surface area contributed by atoms with Gasteiger partial charge in [0, 0.05) is 5.92 Å². The minimum absolute atomic E-state index is 0.0559. The third-order valence-electron chi connectivity index (χ3n) is 3.74. The van der Waals surface area contributed by atoms with Crippen molar-refractivity contribution in [3.8, 4) is 0 Å². The fraction of sp³-hybridized carbons (Fsp3) is 0.235. The van der Waals surface area contributed by atoms with Crippen molar-refractivity contribution in [2.45, 2.75) is 19.3 Å². The zero-order chi connectivity index (χ0) is 13.4. The Morgan fingerprint density at radius 2 is 1.89 bits per heavy atom. The molecule has 2 aromatic carbocycles. The molecule has 1 saturated carbocycles. The molecule has 2 heteroatoms. The number of hydrogen-bond donors (Lipinski definition) is 0. The Kier molecular flexibility index (Phi) is 2.94. The van der Waals surface area contributed by atoms with Gasteiger partial charge in [-0.15, -0.1) is 0 Å². The molecule has 0 saturated heterocycles. The van der Waals surface area contributed by atoms with Crippen LogP contribution in [0.3, 0.4) is 0 Å². The maximum absolute atomic E-state index is 13.8. The fourth-order valence-electron chi connectivity index (χ4n) is 2.57. The molecule has 0 bridgehead atoms. The van der Waals surface area contributed by atoms with Crippen LogP contribution in [0.1, 0.15) is 33.8 Å². The Morgan fingerprint density at radius 3 is 2.58 bits per heavy atom. The molecule has 0 aromatic heterocycles. The lowest BCUT2D eigenvalue weighted by molar-refractivity contribution is 0.0961. The molecule has 0 aliphatic heterocycles. The fourth-order valence-corrected chi connectivity index (χ4v) is 2.57. The Balaban J connectivity index is 1.80. The van der Waals surface area contributed by atoms with Crippen LogP contribution in [0.2, 0.25) is 0 Å². The molecule has 2 atom stereocenters. The Morgan fingerprint density at radius 1 is 1.16 bits per heavy atom. The quantitative estimate of drug-likeness (QED) is 0.753. The maximum Gasteiger partial charge on any atom is 0.169 e. The molecule has 0 spiro atoms. The van der Waals surface area contributed by atoms with E-state index in [4.69, 9.17) is 0 Å². The maximum atomic E-state index is 13.8. The van der Waals surface area contributed by atoms with E-state index in [0.29, 0.717) is 0 Å². The molecule has 1 aliphatic rings. The van der Waals surface area contributed by atoms with Crippen molar-refractivity contribution >= 4 is 5.78 Å². The highest BCUT2D eigenvalue weighted by Gasteiger charge is 2.44. The number of aryl methyl sites for hydroxylation is 1. The summed E-state index contributed by atoms with van der Waals surface area (Å²) in [6.45, 7) is 1.82. The number of carbonyl (C=O) groups excluding carboxylic acids is 1. The van der Waals surface area contributed by atoms with Crippen molar-refractivity contribution in [1.82, 2.24) is 0 Å². The molecular weight excluding hydrogens is 239 g/mol. The van der Waals surface area contributed by atoms with Crippen LogP contribution in [-0.2, 0) is 0 Å². The van der Waals surface area contributed by atoms with E-state index in [1.807, 2.05) is 37.3 Å². The molecule has 1 aliphatic carbocycles. The molecule has 2 unspecified atom stereocenters. The summed E-state index contributed by atoms with van der Waals surface area (Å²) in [5, 5.41) is 0. The van der Waals surface area contributed by atoms with E-state index in [1.54, 1.807) is 12.1 Å². The van der Waals surface area contributed by atoms with Crippen LogP contribution in [0.25, 0.3) is 0 Å². The summed E-state index contributed by atoms with van der Waals surface area (Å²) >= 11 is 0. The third kappa shape index (κ3) is 2.30. The van der Waals surface area contributed by atoms with Crippen molar-refractivity contribution < 1.29 is 9.18 Å². The van der Waals surface area contributed by atoms with Gasteiger partial charge in [-0.2, -0.15) is 0 Å². The average molecular weight is 254 g/mol. The number of rotatable bonds is 3. The van der Waals surface area contributed by atoms with Gasteiger partial charge >= 0.3 is 0 Å². The van der Waals surface area contributed by atoms with Crippen LogP contribution in [-0.4, -0.2) is 5.78 Å². The van der Waals surface area contributed by atoms with Crippen molar-refractivity contribution in [3.05, 3.63) is 71.0 Å². The van der Waals surface area contributed by atoms with E-state index in [1.165, 1.54) is 11.6 Å². The van der Waals surface area contributed by atoms with Crippen molar-refractivity contribution in [2.24, 2.45) is 5.92 Å². The van der Waals surface area contributed by atoms with Gasteiger partial charge in [-0.1, -0.05) is 36.4 Å². The summed E-state index contributed by atoms with van der Waals surface area (Å²) in [5.74, 6) is -0.260. The van der Waals surface area contributed by atoms with Gasteiger partial charge in [-0.25, -0.2) is 4.39 Å². The molecule has 19 heavy (non-hydrogen) atoms. The summed E-state index contributed by atoms with van der Waals surface area (Å²) < 4.78 is 13.8. The molecular formula is C17H15FO. The molecule has 1 fully saturated rings. The van der Waals surface area contributed by atoms with Crippen LogP contribution in [0.15, 0.2) is 48.5 Å². The smallest absolute Gasteiger partial charge is 0.169 e. The summed E-state index contributed by atoms with van der Waals surface area (Å²) in [4.78, 5) is 12.3. The number of carbonyl (C=O) groups is 1. The molecule has 2 aromatic rings. The summed E-state index contributed by atoms with van der Waals surface area (Å²) in [6, 6.07) is 14.8. The van der Waals surface area contributed by atoms with Crippen LogP contribution in [0.5, 0.6) is 0 Å². The highest BCUT2D eigenvalue weighted by atomic mass is 19.1. The molecule has 0 heterocycles. The minimum atomic E-state index is -0.399. The molecule has 0 radical (unpaired) electrons. The highest BCUT2D eigenvalue weighted by molar-refractivity contribution is 6.00. The Labute approximate surface area is 112 Å². The first-order chi connectivity index (χ1) is 9.16. The minimum Gasteiger partial charge on any atom is -0.294 e. The second kappa shape index (κ2) is 4.61. The van der Waals surface area contributed by atoms with Gasteiger partial charge < -0.3 is 0 Å². The lowest BCUT2D eigenvalue weighted by Gasteiger charge is -2.03. The first-order valence-corrected chi connectivity index (χ1v) is 6.52. The number of halogens is 1. The highest BCUT2D eigenvalue weighted by Crippen LogP contribution is 2.49. The van der Waals surface area contributed by atoms with Gasteiger partial charge in [0.05, 0.1) is 5.56 Å². The topological polar surface area (TPSA) is 17.1 Å². The van der Waals surface area contributed by atoms with Gasteiger partial charge in [0.25, 0.3) is 0 Å². The average Bonchev–Trinajstić information content (AvgIpc) is 3.19. The van der Waals surface area contributed by atoms with Crippen LogP contribution < -0.4 is 0 Å². The summed E-state index contributed by atoms with van der Waals surface area (Å²) in [7, 11) is 0.